The summed E-state index contributed by atoms with van der Waals surface area (Å²) in [7, 11) is 0. The molecule has 2 fully saturated rings. The van der Waals surface area contributed by atoms with Crippen LogP contribution >= 0.6 is 0 Å². The van der Waals surface area contributed by atoms with E-state index in [9.17, 15) is 4.79 Å². The van der Waals surface area contributed by atoms with Gasteiger partial charge in [-0.15, -0.1) is 0 Å². The Kier molecular flexibility index (Phi) is 1.63. The Labute approximate surface area is 66.9 Å². The van der Waals surface area contributed by atoms with Crippen LogP contribution in [0.4, 0.5) is 0 Å². The van der Waals surface area contributed by atoms with Gasteiger partial charge in [0, 0.05) is 0 Å². The molecule has 2 atom stereocenters. The molecule has 2 nitrogen and oxygen atoms in total. The molecule has 2 unspecified atom stereocenters. The number of hydrogen-bond donors (Lipinski definition) is 0. The van der Waals surface area contributed by atoms with Crippen molar-refractivity contribution < 1.29 is 9.53 Å². The van der Waals surface area contributed by atoms with Crippen molar-refractivity contribution >= 4 is 5.97 Å². The number of hydrogen-bond acceptors (Lipinski definition) is 2. The average Bonchev–Trinajstić information content (AvgIpc) is 2.63. The average molecular weight is 153 g/mol. The minimum absolute atomic E-state index is 0.0162. The molecule has 2 rings (SSSR count). The Bertz CT molecular complexity index is 176. The van der Waals surface area contributed by atoms with Crippen LogP contribution in [0.15, 0.2) is 0 Å². The van der Waals surface area contributed by atoms with Gasteiger partial charge in [-0.25, -0.2) is 0 Å². The Morgan fingerprint density at radius 1 is 1.64 bits per heavy atom. The van der Waals surface area contributed by atoms with Crippen LogP contribution in [0.3, 0.4) is 0 Å². The summed E-state index contributed by atoms with van der Waals surface area (Å²) in [6, 6.07) is 0. The highest BCUT2D eigenvalue weighted by Crippen LogP contribution is 2.57. The second kappa shape index (κ2) is 2.50. The highest BCUT2D eigenvalue weighted by atomic mass is 16.5. The van der Waals surface area contributed by atoms with E-state index in [1.807, 2.05) is 6.92 Å². The molecule has 2 aliphatic rings. The van der Waals surface area contributed by atoms with Gasteiger partial charge in [-0.05, 0) is 38.0 Å². The molecule has 0 saturated heterocycles. The zero-order valence-corrected chi connectivity index (χ0v) is 6.80. The first-order chi connectivity index (χ1) is 5.33. The second-order valence-corrected chi connectivity index (χ2v) is 3.36. The third-order valence-electron chi connectivity index (χ3n) is 2.67. The second-order valence-electron chi connectivity index (χ2n) is 3.36. The van der Waals surface area contributed by atoms with Gasteiger partial charge in [0.25, 0.3) is 0 Å². The summed E-state index contributed by atoms with van der Waals surface area (Å²) in [4.78, 5) is 11.2. The van der Waals surface area contributed by atoms with Crippen molar-refractivity contribution in [1.29, 1.82) is 0 Å². The van der Waals surface area contributed by atoms with E-state index in [1.165, 1.54) is 18.8 Å². The molecule has 0 spiro atoms. The van der Waals surface area contributed by atoms with Crippen LogP contribution < -0.4 is 0 Å². The summed E-state index contributed by atoms with van der Waals surface area (Å²) in [6.07, 6.45) is 3.46. The SMILES string of the molecule is CCOC(=O)C1CCC2C[C]21. The molecule has 0 bridgehead atoms. The van der Waals surface area contributed by atoms with Crippen molar-refractivity contribution in [3.8, 4) is 0 Å². The molecule has 0 aromatic heterocycles. The van der Waals surface area contributed by atoms with Crippen molar-refractivity contribution in [2.75, 3.05) is 6.61 Å². The third kappa shape index (κ3) is 1.15. The molecule has 0 heterocycles. The number of fused-ring (bicyclic) bond motifs is 1. The van der Waals surface area contributed by atoms with Gasteiger partial charge in [0.2, 0.25) is 0 Å². The summed E-state index contributed by atoms with van der Waals surface area (Å²) in [5.41, 5.74) is 0. The zero-order valence-electron chi connectivity index (χ0n) is 6.80. The van der Waals surface area contributed by atoms with Gasteiger partial charge in [-0.1, -0.05) is 0 Å². The van der Waals surface area contributed by atoms with Crippen LogP contribution in [0.5, 0.6) is 0 Å². The van der Waals surface area contributed by atoms with E-state index in [0.717, 1.165) is 12.3 Å². The predicted molar refractivity (Wildman–Crippen MR) is 40.7 cm³/mol. The quantitative estimate of drug-likeness (QED) is 0.563. The summed E-state index contributed by atoms with van der Waals surface area (Å²) in [6.45, 7) is 2.38. The molecule has 2 aliphatic carbocycles. The van der Waals surface area contributed by atoms with Crippen LogP contribution in [-0.4, -0.2) is 12.6 Å². The highest BCUT2D eigenvalue weighted by Gasteiger charge is 2.51. The van der Waals surface area contributed by atoms with Gasteiger partial charge < -0.3 is 4.74 Å². The summed E-state index contributed by atoms with van der Waals surface area (Å²) < 4.78 is 4.96. The molecule has 0 aromatic carbocycles. The topological polar surface area (TPSA) is 26.3 Å². The van der Waals surface area contributed by atoms with Crippen molar-refractivity contribution in [3.05, 3.63) is 5.92 Å². The molecule has 2 saturated carbocycles. The highest BCUT2D eigenvalue weighted by molar-refractivity contribution is 5.77. The Hall–Kier alpha value is -0.530. The van der Waals surface area contributed by atoms with E-state index in [4.69, 9.17) is 4.74 Å². The fourth-order valence-electron chi connectivity index (χ4n) is 2.01. The van der Waals surface area contributed by atoms with Crippen LogP contribution in [0.25, 0.3) is 0 Å². The molecular weight excluding hydrogens is 140 g/mol. The minimum Gasteiger partial charge on any atom is -0.466 e. The fourth-order valence-corrected chi connectivity index (χ4v) is 2.01. The molecule has 11 heavy (non-hydrogen) atoms. The van der Waals surface area contributed by atoms with E-state index in [0.29, 0.717) is 6.61 Å². The first-order valence-corrected chi connectivity index (χ1v) is 4.35. The molecule has 0 amide bonds. The molecule has 1 radical (unpaired) electrons. The number of carbonyl (C=O) groups is 1. The van der Waals surface area contributed by atoms with E-state index in [2.05, 4.69) is 0 Å². The lowest BCUT2D eigenvalue weighted by molar-refractivity contribution is -0.146. The molecule has 0 aromatic rings. The Morgan fingerprint density at radius 2 is 2.45 bits per heavy atom. The fraction of sp³-hybridized carbons (Fsp3) is 0.778. The minimum atomic E-state index is 0.0162. The molecule has 2 heteroatoms. The zero-order chi connectivity index (χ0) is 7.84. The van der Waals surface area contributed by atoms with Crippen molar-refractivity contribution in [3.63, 3.8) is 0 Å². The summed E-state index contributed by atoms with van der Waals surface area (Å²) in [5, 5.41) is 0. The van der Waals surface area contributed by atoms with Crippen LogP contribution in [-0.2, 0) is 9.53 Å². The lowest BCUT2D eigenvalue weighted by atomic mass is 10.0. The Balaban J connectivity index is 1.89. The number of ether oxygens (including phenoxy) is 1. The normalized spacial score (nSPS) is 35.0. The van der Waals surface area contributed by atoms with Crippen LogP contribution in [0.1, 0.15) is 26.2 Å². The maximum Gasteiger partial charge on any atom is 0.309 e. The number of rotatable bonds is 2. The first kappa shape index (κ1) is 7.14. The maximum absolute atomic E-state index is 11.2. The van der Waals surface area contributed by atoms with Gasteiger partial charge >= 0.3 is 5.97 Å². The van der Waals surface area contributed by atoms with Gasteiger partial charge in [0.15, 0.2) is 0 Å². The van der Waals surface area contributed by atoms with Gasteiger partial charge in [-0.3, -0.25) is 4.79 Å². The van der Waals surface area contributed by atoms with E-state index >= 15 is 0 Å². The maximum atomic E-state index is 11.2. The van der Waals surface area contributed by atoms with E-state index in [1.54, 1.807) is 0 Å². The first-order valence-electron chi connectivity index (χ1n) is 4.35. The number of esters is 1. The van der Waals surface area contributed by atoms with E-state index < -0.39 is 0 Å². The van der Waals surface area contributed by atoms with Gasteiger partial charge in [-0.2, -0.15) is 0 Å². The van der Waals surface area contributed by atoms with Crippen LogP contribution in [0, 0.1) is 17.8 Å². The largest absolute Gasteiger partial charge is 0.466 e. The third-order valence-corrected chi connectivity index (χ3v) is 2.67. The van der Waals surface area contributed by atoms with Gasteiger partial charge in [0.1, 0.15) is 0 Å². The van der Waals surface area contributed by atoms with Crippen LogP contribution in [0.2, 0.25) is 0 Å². The summed E-state index contributed by atoms with van der Waals surface area (Å²) in [5.74, 6) is 2.45. The standard InChI is InChI=1S/C9H13O2/c1-2-11-9(10)7-4-3-6-5-8(6)7/h6-7H,2-5H2,1H3. The molecule has 0 N–H and O–H groups in total. The smallest absolute Gasteiger partial charge is 0.309 e. The van der Waals surface area contributed by atoms with Crippen molar-refractivity contribution in [2.24, 2.45) is 11.8 Å². The van der Waals surface area contributed by atoms with Crippen molar-refractivity contribution in [2.45, 2.75) is 26.2 Å². The summed E-state index contributed by atoms with van der Waals surface area (Å²) >= 11 is 0. The number of carbonyl (C=O) groups excluding carboxylic acids is 1. The monoisotopic (exact) mass is 153 g/mol. The lowest BCUT2D eigenvalue weighted by Gasteiger charge is -2.08. The Morgan fingerprint density at radius 3 is 2.91 bits per heavy atom. The molecule has 0 aliphatic heterocycles. The van der Waals surface area contributed by atoms with Gasteiger partial charge in [0.05, 0.1) is 12.5 Å². The molecular formula is C9H13O2. The van der Waals surface area contributed by atoms with Crippen molar-refractivity contribution in [1.82, 2.24) is 0 Å². The lowest BCUT2D eigenvalue weighted by Crippen LogP contribution is -2.16. The predicted octanol–water partition coefficient (Wildman–Crippen LogP) is 1.55. The van der Waals surface area contributed by atoms with E-state index in [-0.39, 0.29) is 11.9 Å². The molecule has 61 valence electrons.